The first-order chi connectivity index (χ1) is 12.9. The van der Waals surface area contributed by atoms with E-state index in [1.807, 2.05) is 20.8 Å². The SMILES string of the molecule is CC.CC#CC1CCC2C3CC(CC)C4=CC(=O)CCC4(C)C3CCC12C. The summed E-state index contributed by atoms with van der Waals surface area (Å²) in [4.78, 5) is 12.1. The van der Waals surface area contributed by atoms with E-state index in [1.165, 1.54) is 44.1 Å². The second-order valence-electron chi connectivity index (χ2n) is 9.77. The first kappa shape index (κ1) is 20.7. The van der Waals surface area contributed by atoms with Crippen molar-refractivity contribution in [2.24, 2.45) is 40.4 Å². The third-order valence-electron chi connectivity index (χ3n) is 8.93. The monoisotopic (exact) mass is 368 g/mol. The van der Waals surface area contributed by atoms with Gasteiger partial charge in [-0.2, -0.15) is 0 Å². The standard InChI is InChI=1S/C24H34O.C2H6/c1-5-7-17-8-9-20-19-14-16(6-2)22-15-18(25)10-12-24(22,4)21(19)11-13-23(17,20)3;1-2/h15-17,19-21H,6,8-14H2,1-4H3;1-2H3. The normalized spacial score (nSPS) is 45.2. The lowest BCUT2D eigenvalue weighted by molar-refractivity contribution is -0.118. The molecule has 0 amide bonds. The molecule has 0 aliphatic heterocycles. The number of rotatable bonds is 1. The molecule has 27 heavy (non-hydrogen) atoms. The Morgan fingerprint density at radius 2 is 1.85 bits per heavy atom. The molecule has 0 aromatic heterocycles. The fourth-order valence-corrected chi connectivity index (χ4v) is 7.58. The Hall–Kier alpha value is -1.03. The smallest absolute Gasteiger partial charge is 0.155 e. The largest absolute Gasteiger partial charge is 0.295 e. The summed E-state index contributed by atoms with van der Waals surface area (Å²) >= 11 is 0. The Morgan fingerprint density at radius 1 is 1.11 bits per heavy atom. The minimum atomic E-state index is 0.285. The maximum Gasteiger partial charge on any atom is 0.155 e. The van der Waals surface area contributed by atoms with Crippen molar-refractivity contribution in [1.82, 2.24) is 0 Å². The van der Waals surface area contributed by atoms with Gasteiger partial charge in [0.2, 0.25) is 0 Å². The molecule has 4 aliphatic carbocycles. The van der Waals surface area contributed by atoms with Crippen molar-refractivity contribution in [3.8, 4) is 11.8 Å². The zero-order chi connectivity index (χ0) is 19.8. The Kier molecular flexibility index (Phi) is 5.96. The maximum absolute atomic E-state index is 12.1. The van der Waals surface area contributed by atoms with Crippen LogP contribution in [0.25, 0.3) is 0 Å². The lowest BCUT2D eigenvalue weighted by Gasteiger charge is -2.59. The summed E-state index contributed by atoms with van der Waals surface area (Å²) in [5.74, 6) is 10.9. The Bertz CT molecular complexity index is 661. The average Bonchev–Trinajstić information content (AvgIpc) is 3.00. The highest BCUT2D eigenvalue weighted by molar-refractivity contribution is 5.91. The summed E-state index contributed by atoms with van der Waals surface area (Å²) in [5.41, 5.74) is 2.25. The fourth-order valence-electron chi connectivity index (χ4n) is 7.58. The van der Waals surface area contributed by atoms with Crippen LogP contribution in [0, 0.1) is 52.3 Å². The van der Waals surface area contributed by atoms with E-state index in [0.29, 0.717) is 23.0 Å². The molecule has 0 aromatic carbocycles. The Labute approximate surface area is 167 Å². The third-order valence-corrected chi connectivity index (χ3v) is 8.93. The molecule has 0 bridgehead atoms. The van der Waals surface area contributed by atoms with Crippen LogP contribution in [0.2, 0.25) is 0 Å². The van der Waals surface area contributed by atoms with E-state index in [2.05, 4.69) is 38.7 Å². The Balaban J connectivity index is 0.00000102. The van der Waals surface area contributed by atoms with Gasteiger partial charge in [-0.1, -0.05) is 46.1 Å². The summed E-state index contributed by atoms with van der Waals surface area (Å²) < 4.78 is 0. The molecule has 1 nitrogen and oxygen atoms in total. The van der Waals surface area contributed by atoms with E-state index in [0.717, 1.165) is 30.6 Å². The number of carbonyl (C=O) groups excluding carboxylic acids is 1. The molecule has 0 radical (unpaired) electrons. The van der Waals surface area contributed by atoms with Gasteiger partial charge in [-0.3, -0.25) is 4.79 Å². The van der Waals surface area contributed by atoms with Crippen LogP contribution in [-0.4, -0.2) is 5.78 Å². The second-order valence-corrected chi connectivity index (χ2v) is 9.77. The van der Waals surface area contributed by atoms with Crippen LogP contribution >= 0.6 is 0 Å². The zero-order valence-electron chi connectivity index (χ0n) is 18.5. The first-order valence-electron chi connectivity index (χ1n) is 11.6. The van der Waals surface area contributed by atoms with Gasteiger partial charge in [-0.25, -0.2) is 0 Å². The third kappa shape index (κ3) is 3.12. The van der Waals surface area contributed by atoms with Gasteiger partial charge in [0.05, 0.1) is 0 Å². The highest BCUT2D eigenvalue weighted by atomic mass is 16.1. The predicted molar refractivity (Wildman–Crippen MR) is 114 cm³/mol. The average molecular weight is 369 g/mol. The van der Waals surface area contributed by atoms with E-state index in [-0.39, 0.29) is 5.41 Å². The number of hydrogen-bond acceptors (Lipinski definition) is 1. The highest BCUT2D eigenvalue weighted by Crippen LogP contribution is 2.67. The van der Waals surface area contributed by atoms with E-state index in [9.17, 15) is 4.79 Å². The lowest BCUT2D eigenvalue weighted by Crippen LogP contribution is -2.52. The number of fused-ring (bicyclic) bond motifs is 5. The summed E-state index contributed by atoms with van der Waals surface area (Å²) in [6, 6.07) is 0. The molecule has 7 unspecified atom stereocenters. The van der Waals surface area contributed by atoms with Crippen LogP contribution < -0.4 is 0 Å². The number of carbonyl (C=O) groups is 1. The van der Waals surface area contributed by atoms with Crippen molar-refractivity contribution in [3.63, 3.8) is 0 Å². The molecule has 3 saturated carbocycles. The van der Waals surface area contributed by atoms with Crippen molar-refractivity contribution in [2.45, 2.75) is 92.9 Å². The number of allylic oxidation sites excluding steroid dienone is 1. The summed E-state index contributed by atoms with van der Waals surface area (Å²) in [6.07, 6.45) is 11.8. The molecule has 150 valence electrons. The molecule has 0 N–H and O–H groups in total. The van der Waals surface area contributed by atoms with E-state index < -0.39 is 0 Å². The van der Waals surface area contributed by atoms with Gasteiger partial charge in [-0.15, -0.1) is 5.92 Å². The fraction of sp³-hybridized carbons (Fsp3) is 0.808. The number of hydrogen-bond donors (Lipinski definition) is 0. The van der Waals surface area contributed by atoms with Crippen LogP contribution in [0.15, 0.2) is 11.6 Å². The van der Waals surface area contributed by atoms with Gasteiger partial charge in [0.1, 0.15) is 0 Å². The summed E-state index contributed by atoms with van der Waals surface area (Å²) in [5, 5.41) is 0. The van der Waals surface area contributed by atoms with E-state index in [4.69, 9.17) is 0 Å². The molecular weight excluding hydrogens is 328 g/mol. The minimum absolute atomic E-state index is 0.285. The molecule has 7 atom stereocenters. The molecule has 0 heterocycles. The summed E-state index contributed by atoms with van der Waals surface area (Å²) in [7, 11) is 0. The second kappa shape index (κ2) is 7.77. The molecular formula is C26H40O. The van der Waals surface area contributed by atoms with Crippen molar-refractivity contribution >= 4 is 5.78 Å². The van der Waals surface area contributed by atoms with Gasteiger partial charge in [0.15, 0.2) is 5.78 Å². The molecule has 0 spiro atoms. The maximum atomic E-state index is 12.1. The van der Waals surface area contributed by atoms with Crippen LogP contribution in [0.1, 0.15) is 92.9 Å². The highest BCUT2D eigenvalue weighted by Gasteiger charge is 2.60. The molecule has 1 heteroatoms. The van der Waals surface area contributed by atoms with Gasteiger partial charge in [-0.05, 0) is 92.4 Å². The van der Waals surface area contributed by atoms with Crippen molar-refractivity contribution in [3.05, 3.63) is 11.6 Å². The molecule has 3 fully saturated rings. The van der Waals surface area contributed by atoms with E-state index in [1.54, 1.807) is 0 Å². The van der Waals surface area contributed by atoms with Gasteiger partial charge in [0, 0.05) is 12.3 Å². The topological polar surface area (TPSA) is 17.1 Å². The minimum Gasteiger partial charge on any atom is -0.295 e. The van der Waals surface area contributed by atoms with Crippen LogP contribution in [0.5, 0.6) is 0 Å². The molecule has 4 rings (SSSR count). The zero-order valence-corrected chi connectivity index (χ0v) is 18.5. The summed E-state index contributed by atoms with van der Waals surface area (Å²) in [6.45, 7) is 13.4. The first-order valence-corrected chi connectivity index (χ1v) is 11.6. The van der Waals surface area contributed by atoms with Crippen molar-refractivity contribution < 1.29 is 4.79 Å². The predicted octanol–water partition coefficient (Wildman–Crippen LogP) is 6.82. The lowest BCUT2D eigenvalue weighted by atomic mass is 9.45. The van der Waals surface area contributed by atoms with Crippen LogP contribution in [-0.2, 0) is 4.79 Å². The quantitative estimate of drug-likeness (QED) is 0.464. The van der Waals surface area contributed by atoms with Crippen molar-refractivity contribution in [2.75, 3.05) is 0 Å². The van der Waals surface area contributed by atoms with Gasteiger partial charge >= 0.3 is 0 Å². The molecule has 0 aromatic rings. The van der Waals surface area contributed by atoms with Crippen molar-refractivity contribution in [1.29, 1.82) is 0 Å². The molecule has 4 aliphatic rings. The van der Waals surface area contributed by atoms with Gasteiger partial charge < -0.3 is 0 Å². The van der Waals surface area contributed by atoms with Gasteiger partial charge in [0.25, 0.3) is 0 Å². The number of ketones is 1. The molecule has 0 saturated heterocycles. The van der Waals surface area contributed by atoms with Crippen LogP contribution in [0.3, 0.4) is 0 Å². The van der Waals surface area contributed by atoms with Crippen LogP contribution in [0.4, 0.5) is 0 Å². The van der Waals surface area contributed by atoms with E-state index >= 15 is 0 Å². The Morgan fingerprint density at radius 3 is 2.52 bits per heavy atom.